The van der Waals surface area contributed by atoms with E-state index in [1.54, 1.807) is 12.1 Å². The minimum atomic E-state index is -1.29. The van der Waals surface area contributed by atoms with Crippen LogP contribution in [-0.4, -0.2) is 32.1 Å². The van der Waals surface area contributed by atoms with E-state index in [1.807, 2.05) is 12.1 Å². The Bertz CT molecular complexity index is 629. The Kier molecular flexibility index (Phi) is 3.47. The van der Waals surface area contributed by atoms with Crippen molar-refractivity contribution in [2.75, 3.05) is 14.2 Å². The van der Waals surface area contributed by atoms with Crippen LogP contribution in [0.5, 0.6) is 0 Å². The van der Waals surface area contributed by atoms with Crippen LogP contribution in [0.1, 0.15) is 0 Å². The number of rotatable bonds is 4. The van der Waals surface area contributed by atoms with E-state index in [9.17, 15) is 9.59 Å². The SMILES string of the molecule is COC1(OC)C=c2ccc(Br)cc2=C1C(=O)C=O. The second-order valence-electron chi connectivity index (χ2n) is 3.81. The molecular formula is C13H11BrO4. The molecule has 1 aliphatic carbocycles. The molecule has 1 aromatic carbocycles. The highest BCUT2D eigenvalue weighted by molar-refractivity contribution is 9.10. The van der Waals surface area contributed by atoms with Crippen molar-refractivity contribution in [2.45, 2.75) is 5.79 Å². The fourth-order valence-corrected chi connectivity index (χ4v) is 2.47. The molecule has 94 valence electrons. The Labute approximate surface area is 112 Å². The summed E-state index contributed by atoms with van der Waals surface area (Å²) in [6, 6.07) is 5.44. The maximum Gasteiger partial charge on any atom is 0.227 e. The van der Waals surface area contributed by atoms with Crippen molar-refractivity contribution in [3.05, 3.63) is 33.1 Å². The number of carbonyl (C=O) groups is 2. The molecule has 0 heterocycles. The maximum atomic E-state index is 11.8. The average molecular weight is 311 g/mol. The molecule has 0 N–H and O–H groups in total. The van der Waals surface area contributed by atoms with E-state index < -0.39 is 11.6 Å². The molecule has 0 fully saturated rings. The molecular weight excluding hydrogens is 300 g/mol. The first-order chi connectivity index (χ1) is 8.57. The first kappa shape index (κ1) is 13.1. The summed E-state index contributed by atoms with van der Waals surface area (Å²) >= 11 is 3.34. The second-order valence-corrected chi connectivity index (χ2v) is 4.72. The minimum Gasteiger partial charge on any atom is -0.346 e. The lowest BCUT2D eigenvalue weighted by Crippen LogP contribution is -2.36. The van der Waals surface area contributed by atoms with Gasteiger partial charge in [0.25, 0.3) is 0 Å². The molecule has 0 amide bonds. The number of aldehydes is 1. The van der Waals surface area contributed by atoms with Crippen molar-refractivity contribution in [1.29, 1.82) is 0 Å². The number of ketones is 1. The third-order valence-corrected chi connectivity index (χ3v) is 3.43. The summed E-state index contributed by atoms with van der Waals surface area (Å²) in [6.07, 6.45) is 1.96. The van der Waals surface area contributed by atoms with Crippen molar-refractivity contribution in [3.8, 4) is 0 Å². The molecule has 0 saturated heterocycles. The molecule has 4 nitrogen and oxygen atoms in total. The molecule has 0 spiro atoms. The Balaban J connectivity index is 2.87. The van der Waals surface area contributed by atoms with Gasteiger partial charge >= 0.3 is 0 Å². The number of hydrogen-bond donors (Lipinski definition) is 0. The van der Waals surface area contributed by atoms with Crippen molar-refractivity contribution >= 4 is 39.6 Å². The van der Waals surface area contributed by atoms with Crippen LogP contribution < -0.4 is 10.4 Å². The van der Waals surface area contributed by atoms with Crippen molar-refractivity contribution in [1.82, 2.24) is 0 Å². The molecule has 0 unspecified atom stereocenters. The quantitative estimate of drug-likeness (QED) is 0.451. The summed E-state index contributed by atoms with van der Waals surface area (Å²) in [4.78, 5) is 22.6. The van der Waals surface area contributed by atoms with Crippen LogP contribution in [0, 0.1) is 0 Å². The third kappa shape index (κ3) is 1.84. The molecule has 2 rings (SSSR count). The van der Waals surface area contributed by atoms with Crippen LogP contribution in [0.15, 0.2) is 22.7 Å². The molecule has 0 aromatic heterocycles. The summed E-state index contributed by atoms with van der Waals surface area (Å²) in [5, 5.41) is 1.44. The molecule has 0 saturated carbocycles. The van der Waals surface area contributed by atoms with E-state index in [2.05, 4.69) is 15.9 Å². The van der Waals surface area contributed by atoms with Gasteiger partial charge in [-0.15, -0.1) is 0 Å². The summed E-state index contributed by atoms with van der Waals surface area (Å²) in [6.45, 7) is 0. The zero-order valence-electron chi connectivity index (χ0n) is 9.90. The van der Waals surface area contributed by atoms with Crippen LogP contribution in [-0.2, 0) is 19.1 Å². The van der Waals surface area contributed by atoms with Gasteiger partial charge in [-0.25, -0.2) is 0 Å². The zero-order chi connectivity index (χ0) is 13.3. The molecule has 5 heteroatoms. The molecule has 18 heavy (non-hydrogen) atoms. The van der Waals surface area contributed by atoms with Crippen molar-refractivity contribution in [3.63, 3.8) is 0 Å². The van der Waals surface area contributed by atoms with Crippen molar-refractivity contribution < 1.29 is 19.1 Å². The minimum absolute atomic E-state index is 0.207. The third-order valence-electron chi connectivity index (χ3n) is 2.94. The largest absolute Gasteiger partial charge is 0.346 e. The van der Waals surface area contributed by atoms with Gasteiger partial charge in [-0.3, -0.25) is 9.59 Å². The highest BCUT2D eigenvalue weighted by Crippen LogP contribution is 2.27. The fraction of sp³-hybridized carbons (Fsp3) is 0.231. The van der Waals surface area contributed by atoms with Crippen LogP contribution in [0.2, 0.25) is 0 Å². The van der Waals surface area contributed by atoms with Gasteiger partial charge < -0.3 is 9.47 Å². The molecule has 0 aliphatic heterocycles. The van der Waals surface area contributed by atoms with Crippen LogP contribution in [0.25, 0.3) is 11.6 Å². The van der Waals surface area contributed by atoms with E-state index >= 15 is 0 Å². The van der Waals surface area contributed by atoms with Gasteiger partial charge in [0, 0.05) is 18.7 Å². The number of carbonyl (C=O) groups excluding carboxylic acids is 2. The number of ether oxygens (including phenoxy) is 2. The van der Waals surface area contributed by atoms with Crippen LogP contribution in [0.3, 0.4) is 0 Å². The van der Waals surface area contributed by atoms with E-state index in [0.717, 1.165) is 9.69 Å². The van der Waals surface area contributed by atoms with E-state index in [-0.39, 0.29) is 11.9 Å². The van der Waals surface area contributed by atoms with Gasteiger partial charge in [-0.05, 0) is 28.6 Å². The summed E-state index contributed by atoms with van der Waals surface area (Å²) in [5.41, 5.74) is 0.207. The Morgan fingerprint density at radius 3 is 2.56 bits per heavy atom. The Morgan fingerprint density at radius 2 is 2.00 bits per heavy atom. The number of benzene rings is 1. The van der Waals surface area contributed by atoms with E-state index in [0.29, 0.717) is 5.22 Å². The number of methoxy groups -OCH3 is 2. The topological polar surface area (TPSA) is 52.6 Å². The molecule has 0 atom stereocenters. The Morgan fingerprint density at radius 1 is 1.33 bits per heavy atom. The van der Waals surface area contributed by atoms with Crippen molar-refractivity contribution in [2.24, 2.45) is 0 Å². The molecule has 1 aliphatic rings. The number of fused-ring (bicyclic) bond motifs is 1. The lowest BCUT2D eigenvalue weighted by molar-refractivity contribution is -0.134. The van der Waals surface area contributed by atoms with E-state index in [1.165, 1.54) is 14.2 Å². The van der Waals surface area contributed by atoms with Crippen LogP contribution in [0.4, 0.5) is 0 Å². The summed E-state index contributed by atoms with van der Waals surface area (Å²) in [7, 11) is 2.86. The van der Waals surface area contributed by atoms with Gasteiger partial charge in [0.1, 0.15) is 0 Å². The highest BCUT2D eigenvalue weighted by atomic mass is 79.9. The van der Waals surface area contributed by atoms with Gasteiger partial charge in [-0.2, -0.15) is 0 Å². The van der Waals surface area contributed by atoms with Gasteiger partial charge in [0.05, 0.1) is 5.57 Å². The second kappa shape index (κ2) is 4.76. The zero-order valence-corrected chi connectivity index (χ0v) is 11.5. The smallest absolute Gasteiger partial charge is 0.227 e. The number of Topliss-reactive ketones (excluding diaryl/α,β-unsaturated/α-hetero) is 1. The predicted molar refractivity (Wildman–Crippen MR) is 69.1 cm³/mol. The number of hydrogen-bond acceptors (Lipinski definition) is 4. The maximum absolute atomic E-state index is 11.8. The van der Waals surface area contributed by atoms with Gasteiger partial charge in [0.2, 0.25) is 11.6 Å². The molecule has 0 radical (unpaired) electrons. The lowest BCUT2D eigenvalue weighted by atomic mass is 10.0. The molecule has 0 bridgehead atoms. The standard InChI is InChI=1S/C13H11BrO4/c1-17-13(18-2)6-8-3-4-9(14)5-10(8)12(13)11(16)7-15/h3-7H,1-2H3. The van der Waals surface area contributed by atoms with Gasteiger partial charge in [0.15, 0.2) is 6.29 Å². The predicted octanol–water partition coefficient (Wildman–Crippen LogP) is 0.151. The number of halogens is 1. The molecule has 1 aromatic rings. The lowest BCUT2D eigenvalue weighted by Gasteiger charge is -2.26. The van der Waals surface area contributed by atoms with Gasteiger partial charge in [-0.1, -0.05) is 22.0 Å². The van der Waals surface area contributed by atoms with E-state index in [4.69, 9.17) is 9.47 Å². The normalized spacial score (nSPS) is 16.1. The summed E-state index contributed by atoms with van der Waals surface area (Å²) < 4.78 is 11.4. The first-order valence-electron chi connectivity index (χ1n) is 5.21. The Hall–Kier alpha value is -1.30. The highest BCUT2D eigenvalue weighted by Gasteiger charge is 2.40. The van der Waals surface area contributed by atoms with Crippen LogP contribution >= 0.6 is 15.9 Å². The average Bonchev–Trinajstić information content (AvgIpc) is 2.72. The first-order valence-corrected chi connectivity index (χ1v) is 6.00. The summed E-state index contributed by atoms with van der Waals surface area (Å²) in [5.74, 6) is -1.94. The monoisotopic (exact) mass is 310 g/mol. The fourth-order valence-electron chi connectivity index (χ4n) is 2.10.